The lowest BCUT2D eigenvalue weighted by Gasteiger charge is -2.28. The molecular formula is C52H88NO9P. The second kappa shape index (κ2) is 42.8. The Morgan fingerprint density at radius 1 is 0.603 bits per heavy atom. The molecule has 1 N–H and O–H groups in total. The normalized spacial score (nSPS) is 14.8. The summed E-state index contributed by atoms with van der Waals surface area (Å²) in [5.74, 6) is -0.975. The summed E-state index contributed by atoms with van der Waals surface area (Å²) in [4.78, 5) is 37.6. The first-order chi connectivity index (χ1) is 30.4. The summed E-state index contributed by atoms with van der Waals surface area (Å²) in [5.41, 5.74) is 0. The summed E-state index contributed by atoms with van der Waals surface area (Å²) < 4.78 is 33.9. The molecule has 2 unspecified atom stereocenters. The van der Waals surface area contributed by atoms with Crippen LogP contribution in [0.1, 0.15) is 162 Å². The highest BCUT2D eigenvalue weighted by Crippen LogP contribution is 2.38. The van der Waals surface area contributed by atoms with Gasteiger partial charge >= 0.3 is 11.9 Å². The highest BCUT2D eigenvalue weighted by molar-refractivity contribution is 7.45. The molecule has 360 valence electrons. The second-order valence-corrected chi connectivity index (χ2v) is 18.3. The number of phosphoric ester groups is 1. The van der Waals surface area contributed by atoms with Gasteiger partial charge in [0.05, 0.1) is 33.9 Å². The minimum atomic E-state index is -4.66. The molecule has 0 heterocycles. The molecule has 3 atom stereocenters. The number of rotatable bonds is 42. The van der Waals surface area contributed by atoms with Crippen molar-refractivity contribution in [2.75, 3.05) is 47.5 Å². The number of likely N-dealkylation sites (N-methyl/N-ethyl adjacent to an activating group) is 1. The number of hydrogen-bond donors (Lipinski definition) is 1. The van der Waals surface area contributed by atoms with Crippen LogP contribution in [0, 0.1) is 0 Å². The first-order valence-electron chi connectivity index (χ1n) is 24.1. The highest BCUT2D eigenvalue weighted by Gasteiger charge is 2.21. The van der Waals surface area contributed by atoms with E-state index in [0.717, 1.165) is 57.8 Å². The molecule has 0 spiro atoms. The number of nitrogens with zero attached hydrogens (tertiary/aromatic N) is 1. The number of quaternary nitrogens is 1. The van der Waals surface area contributed by atoms with Crippen LogP contribution >= 0.6 is 7.82 Å². The number of hydrogen-bond acceptors (Lipinski definition) is 9. The fourth-order valence-corrected chi connectivity index (χ4v) is 6.64. The van der Waals surface area contributed by atoms with E-state index in [0.29, 0.717) is 30.3 Å². The highest BCUT2D eigenvalue weighted by atomic mass is 31.2. The van der Waals surface area contributed by atoms with E-state index in [1.165, 1.54) is 57.8 Å². The average Bonchev–Trinajstić information content (AvgIpc) is 3.23. The van der Waals surface area contributed by atoms with Gasteiger partial charge in [0.1, 0.15) is 19.8 Å². The van der Waals surface area contributed by atoms with Crippen molar-refractivity contribution in [1.82, 2.24) is 0 Å². The van der Waals surface area contributed by atoms with Crippen LogP contribution in [-0.4, -0.2) is 81.2 Å². The topological polar surface area (TPSA) is 131 Å². The minimum absolute atomic E-state index is 0.0565. The van der Waals surface area contributed by atoms with Crippen molar-refractivity contribution in [2.24, 2.45) is 0 Å². The van der Waals surface area contributed by atoms with E-state index in [9.17, 15) is 24.2 Å². The summed E-state index contributed by atoms with van der Waals surface area (Å²) in [6.07, 6.45) is 53.3. The number of ether oxygens (including phenoxy) is 2. The largest absolute Gasteiger partial charge is 0.756 e. The van der Waals surface area contributed by atoms with E-state index in [-0.39, 0.29) is 26.1 Å². The van der Waals surface area contributed by atoms with Gasteiger partial charge in [-0.3, -0.25) is 14.2 Å². The zero-order valence-electron chi connectivity index (χ0n) is 40.1. The Labute approximate surface area is 384 Å². The molecule has 0 aromatic rings. The van der Waals surface area contributed by atoms with Gasteiger partial charge in [-0.1, -0.05) is 169 Å². The van der Waals surface area contributed by atoms with E-state index >= 15 is 0 Å². The zero-order valence-corrected chi connectivity index (χ0v) is 41.0. The number of carbonyl (C=O) groups excluding carboxylic acids is 2. The van der Waals surface area contributed by atoms with E-state index in [1.54, 1.807) is 6.08 Å². The Hall–Kier alpha value is -3.11. The molecule has 0 aliphatic heterocycles. The molecule has 11 heteroatoms. The van der Waals surface area contributed by atoms with Crippen molar-refractivity contribution in [3.8, 4) is 0 Å². The van der Waals surface area contributed by atoms with Crippen molar-refractivity contribution in [2.45, 2.75) is 174 Å². The van der Waals surface area contributed by atoms with Gasteiger partial charge in [-0.2, -0.15) is 0 Å². The number of aliphatic hydroxyl groups excluding tert-OH is 1. The number of esters is 2. The minimum Gasteiger partial charge on any atom is -0.756 e. The van der Waals surface area contributed by atoms with Crippen molar-refractivity contribution < 1.29 is 47.2 Å². The van der Waals surface area contributed by atoms with Crippen LogP contribution in [0.2, 0.25) is 0 Å². The molecule has 0 radical (unpaired) electrons. The summed E-state index contributed by atoms with van der Waals surface area (Å²) in [5, 5.41) is 10.0. The van der Waals surface area contributed by atoms with Crippen molar-refractivity contribution >= 4 is 19.8 Å². The van der Waals surface area contributed by atoms with Gasteiger partial charge in [-0.05, 0) is 77.0 Å². The third-order valence-electron chi connectivity index (χ3n) is 9.68. The molecule has 0 rings (SSSR count). The molecule has 63 heavy (non-hydrogen) atoms. The quantitative estimate of drug-likeness (QED) is 0.0159. The van der Waals surface area contributed by atoms with Gasteiger partial charge in [0, 0.05) is 12.8 Å². The average molecular weight is 902 g/mol. The number of carbonyl (C=O) groups is 2. The van der Waals surface area contributed by atoms with Gasteiger partial charge in [-0.25, -0.2) is 0 Å². The molecule has 10 nitrogen and oxygen atoms in total. The Bertz CT molecular complexity index is 1410. The first kappa shape index (κ1) is 59.9. The summed E-state index contributed by atoms with van der Waals surface area (Å²) in [6, 6.07) is 0. The third-order valence-corrected chi connectivity index (χ3v) is 10.6. The smallest absolute Gasteiger partial charge is 0.306 e. The van der Waals surface area contributed by atoms with Gasteiger partial charge < -0.3 is 33.0 Å². The molecule has 0 aromatic heterocycles. The van der Waals surface area contributed by atoms with Gasteiger partial charge in [0.2, 0.25) is 0 Å². The lowest BCUT2D eigenvalue weighted by molar-refractivity contribution is -0.870. The fraction of sp³-hybridized carbons (Fsp3) is 0.654. The standard InChI is InChI=1S/C52H88NO9P/c1-6-8-10-12-14-15-16-17-18-19-20-21-22-23-24-29-32-36-40-44-52(56)62-50(48-61-63(57,58)60-46-45-53(3,4)5)47-59-51(55)43-39-35-31-28-26-25-27-30-34-38-42-49(54)41-37-33-13-11-9-7-2/h9,11,14-15,17-18,25-26,30-31,33-35,37-38,42,49-50,54H,6-8,10,12-13,16,19-24,27-29,32,36,39-41,43-48H2,1-5H3/b11-9-,15-14-,18-17-,26-25-,34-30-,35-31-,37-33-,42-38+/t49?,50-/m1/s1. The Balaban J connectivity index is 4.49. The molecule has 0 aliphatic carbocycles. The molecule has 0 saturated heterocycles. The van der Waals surface area contributed by atoms with Crippen molar-refractivity contribution in [3.05, 3.63) is 97.2 Å². The maximum Gasteiger partial charge on any atom is 0.306 e. The first-order valence-corrected chi connectivity index (χ1v) is 25.5. The van der Waals surface area contributed by atoms with Gasteiger partial charge in [-0.15, -0.1) is 0 Å². The predicted molar refractivity (Wildman–Crippen MR) is 260 cm³/mol. The number of unbranched alkanes of at least 4 members (excludes halogenated alkanes) is 12. The number of allylic oxidation sites excluding steroid dienone is 14. The maximum atomic E-state index is 12.7. The fourth-order valence-electron chi connectivity index (χ4n) is 5.91. The number of aliphatic hydroxyl groups is 1. The molecule has 0 bridgehead atoms. The van der Waals surface area contributed by atoms with Crippen LogP contribution in [0.15, 0.2) is 97.2 Å². The summed E-state index contributed by atoms with van der Waals surface area (Å²) in [6.45, 7) is 3.90. The van der Waals surface area contributed by atoms with Crippen molar-refractivity contribution in [1.29, 1.82) is 0 Å². The Morgan fingerprint density at radius 2 is 1.14 bits per heavy atom. The number of phosphoric acid groups is 1. The summed E-state index contributed by atoms with van der Waals surface area (Å²) >= 11 is 0. The van der Waals surface area contributed by atoms with Crippen LogP contribution in [0.5, 0.6) is 0 Å². The molecule has 0 aromatic carbocycles. The lowest BCUT2D eigenvalue weighted by atomic mass is 10.1. The second-order valence-electron chi connectivity index (χ2n) is 16.9. The Morgan fingerprint density at radius 3 is 1.76 bits per heavy atom. The SMILES string of the molecule is CC/C=C\C/C=C\CC(O)/C=C/C=C\C/C=C\C/C=C\CCC(=O)OC[C@H](COP(=O)([O-])OCC[N+](C)(C)C)OC(=O)CCCCCCCCCCC/C=C\C/C=C\CCCCC. The van der Waals surface area contributed by atoms with Crippen LogP contribution in [0.4, 0.5) is 0 Å². The molecule has 0 aliphatic rings. The van der Waals surface area contributed by atoms with E-state index < -0.39 is 38.6 Å². The van der Waals surface area contributed by atoms with Crippen LogP contribution in [-0.2, 0) is 32.7 Å². The molecule has 0 saturated carbocycles. The van der Waals surface area contributed by atoms with Gasteiger partial charge in [0.25, 0.3) is 7.82 Å². The molecule has 0 fully saturated rings. The zero-order chi connectivity index (χ0) is 46.5. The maximum absolute atomic E-state index is 12.7. The van der Waals surface area contributed by atoms with E-state index in [1.807, 2.05) is 69.8 Å². The van der Waals surface area contributed by atoms with E-state index in [4.69, 9.17) is 18.5 Å². The van der Waals surface area contributed by atoms with Gasteiger partial charge in [0.15, 0.2) is 6.10 Å². The van der Waals surface area contributed by atoms with Crippen molar-refractivity contribution in [3.63, 3.8) is 0 Å². The molecular weight excluding hydrogens is 814 g/mol. The third kappa shape index (κ3) is 46.7. The van der Waals surface area contributed by atoms with Crippen LogP contribution < -0.4 is 4.89 Å². The Kier molecular flexibility index (Phi) is 40.7. The van der Waals surface area contributed by atoms with Crippen LogP contribution in [0.3, 0.4) is 0 Å². The summed E-state index contributed by atoms with van der Waals surface area (Å²) in [7, 11) is 1.08. The predicted octanol–water partition coefficient (Wildman–Crippen LogP) is 12.5. The van der Waals surface area contributed by atoms with Crippen LogP contribution in [0.25, 0.3) is 0 Å². The van der Waals surface area contributed by atoms with E-state index in [2.05, 4.69) is 56.4 Å². The monoisotopic (exact) mass is 902 g/mol. The lowest BCUT2D eigenvalue weighted by Crippen LogP contribution is -2.37. The molecule has 0 amide bonds.